The number of para-hydroxylation sites is 1. The van der Waals surface area contributed by atoms with Gasteiger partial charge in [-0.3, -0.25) is 9.59 Å². The first kappa shape index (κ1) is 20.1. The van der Waals surface area contributed by atoms with Crippen molar-refractivity contribution >= 4 is 17.5 Å². The maximum absolute atomic E-state index is 12.4. The number of hydrogen-bond donors (Lipinski definition) is 2. The SMILES string of the molecule is COc1ccc(C(=O)NCc2ccccc2NC(=O)C(F)(F)F)cc1OC. The van der Waals surface area contributed by atoms with Crippen LogP contribution in [0.1, 0.15) is 15.9 Å². The molecule has 0 saturated carbocycles. The fourth-order valence-corrected chi connectivity index (χ4v) is 2.24. The van der Waals surface area contributed by atoms with Crippen LogP contribution >= 0.6 is 0 Å². The van der Waals surface area contributed by atoms with Gasteiger partial charge < -0.3 is 20.1 Å². The van der Waals surface area contributed by atoms with Crippen LogP contribution < -0.4 is 20.1 Å². The van der Waals surface area contributed by atoms with Crippen LogP contribution in [0.2, 0.25) is 0 Å². The third-order valence-corrected chi connectivity index (χ3v) is 3.61. The van der Waals surface area contributed by atoms with Crippen molar-refractivity contribution in [3.05, 3.63) is 53.6 Å². The Morgan fingerprint density at radius 2 is 1.67 bits per heavy atom. The minimum atomic E-state index is -5.00. The van der Waals surface area contributed by atoms with Gasteiger partial charge in [0.15, 0.2) is 11.5 Å². The van der Waals surface area contributed by atoms with E-state index in [1.807, 2.05) is 0 Å². The van der Waals surface area contributed by atoms with E-state index in [0.717, 1.165) is 0 Å². The summed E-state index contributed by atoms with van der Waals surface area (Å²) in [7, 11) is 2.89. The molecule has 27 heavy (non-hydrogen) atoms. The van der Waals surface area contributed by atoms with Gasteiger partial charge in [-0.15, -0.1) is 0 Å². The Morgan fingerprint density at radius 3 is 2.30 bits per heavy atom. The van der Waals surface area contributed by atoms with Gasteiger partial charge in [0.05, 0.1) is 14.2 Å². The molecule has 0 spiro atoms. The molecule has 0 atom stereocenters. The van der Waals surface area contributed by atoms with Crippen molar-refractivity contribution in [3.8, 4) is 11.5 Å². The van der Waals surface area contributed by atoms with Gasteiger partial charge in [0.25, 0.3) is 5.91 Å². The zero-order valence-electron chi connectivity index (χ0n) is 14.5. The first-order valence-corrected chi connectivity index (χ1v) is 7.72. The van der Waals surface area contributed by atoms with Gasteiger partial charge in [0, 0.05) is 17.8 Å². The Hall–Kier alpha value is -3.23. The van der Waals surface area contributed by atoms with Crippen molar-refractivity contribution in [3.63, 3.8) is 0 Å². The Morgan fingerprint density at radius 1 is 1.00 bits per heavy atom. The van der Waals surface area contributed by atoms with Crippen LogP contribution in [0.5, 0.6) is 11.5 Å². The second-order valence-corrected chi connectivity index (χ2v) is 5.36. The third-order valence-electron chi connectivity index (χ3n) is 3.61. The van der Waals surface area contributed by atoms with E-state index >= 15 is 0 Å². The largest absolute Gasteiger partial charge is 0.493 e. The van der Waals surface area contributed by atoms with E-state index in [1.54, 1.807) is 17.4 Å². The van der Waals surface area contributed by atoms with Crippen molar-refractivity contribution in [1.82, 2.24) is 5.32 Å². The van der Waals surface area contributed by atoms with Crippen LogP contribution in [0.3, 0.4) is 0 Å². The molecule has 2 rings (SSSR count). The summed E-state index contributed by atoms with van der Waals surface area (Å²) in [5, 5.41) is 4.38. The van der Waals surface area contributed by atoms with Gasteiger partial charge in [-0.25, -0.2) is 0 Å². The molecule has 9 heteroatoms. The van der Waals surface area contributed by atoms with Gasteiger partial charge in [0.2, 0.25) is 0 Å². The molecule has 0 aliphatic rings. The summed E-state index contributed by atoms with van der Waals surface area (Å²) in [5.74, 6) is -1.73. The van der Waals surface area contributed by atoms with Gasteiger partial charge in [-0.2, -0.15) is 13.2 Å². The lowest BCUT2D eigenvalue weighted by molar-refractivity contribution is -0.167. The van der Waals surface area contributed by atoms with Crippen LogP contribution in [-0.4, -0.2) is 32.2 Å². The Kier molecular flexibility index (Phi) is 6.27. The Labute approximate surface area is 153 Å². The van der Waals surface area contributed by atoms with E-state index in [0.29, 0.717) is 17.1 Å². The maximum Gasteiger partial charge on any atom is 0.471 e. The minimum absolute atomic E-state index is 0.0348. The highest BCUT2D eigenvalue weighted by Gasteiger charge is 2.38. The first-order valence-electron chi connectivity index (χ1n) is 7.72. The molecule has 0 heterocycles. The number of carbonyl (C=O) groups is 2. The molecule has 0 unspecified atom stereocenters. The molecule has 2 aromatic rings. The second-order valence-electron chi connectivity index (χ2n) is 5.36. The van der Waals surface area contributed by atoms with E-state index in [9.17, 15) is 22.8 Å². The molecule has 0 aliphatic carbocycles. The Balaban J connectivity index is 2.11. The fourth-order valence-electron chi connectivity index (χ4n) is 2.24. The van der Waals surface area contributed by atoms with E-state index in [-0.39, 0.29) is 17.8 Å². The third kappa shape index (κ3) is 5.13. The first-order chi connectivity index (χ1) is 12.8. The number of rotatable bonds is 6. The number of nitrogens with one attached hydrogen (secondary N) is 2. The number of hydrogen-bond acceptors (Lipinski definition) is 4. The maximum atomic E-state index is 12.4. The molecule has 0 radical (unpaired) electrons. The van der Waals surface area contributed by atoms with Gasteiger partial charge in [0.1, 0.15) is 0 Å². The lowest BCUT2D eigenvalue weighted by Gasteiger charge is -2.13. The van der Waals surface area contributed by atoms with Crippen molar-refractivity contribution < 1.29 is 32.2 Å². The van der Waals surface area contributed by atoms with E-state index in [2.05, 4.69) is 5.32 Å². The molecule has 0 bridgehead atoms. The lowest BCUT2D eigenvalue weighted by Crippen LogP contribution is -2.31. The highest BCUT2D eigenvalue weighted by Crippen LogP contribution is 2.27. The molecule has 2 N–H and O–H groups in total. The lowest BCUT2D eigenvalue weighted by atomic mass is 10.1. The van der Waals surface area contributed by atoms with Crippen molar-refractivity contribution in [2.24, 2.45) is 0 Å². The molecule has 0 saturated heterocycles. The fraction of sp³-hybridized carbons (Fsp3) is 0.222. The quantitative estimate of drug-likeness (QED) is 0.805. The number of amides is 2. The van der Waals surface area contributed by atoms with E-state index < -0.39 is 18.0 Å². The average molecular weight is 382 g/mol. The van der Waals surface area contributed by atoms with Crippen LogP contribution in [0.4, 0.5) is 18.9 Å². The van der Waals surface area contributed by atoms with Gasteiger partial charge in [-0.05, 0) is 29.8 Å². The molecule has 2 amide bonds. The predicted octanol–water partition coefficient (Wildman–Crippen LogP) is 3.13. The number of carbonyl (C=O) groups excluding carboxylic acids is 2. The summed E-state index contributed by atoms with van der Waals surface area (Å²) in [6, 6.07) is 10.4. The summed E-state index contributed by atoms with van der Waals surface area (Å²) >= 11 is 0. The van der Waals surface area contributed by atoms with Crippen LogP contribution in [0.25, 0.3) is 0 Å². The highest BCUT2D eigenvalue weighted by atomic mass is 19.4. The molecule has 0 aromatic heterocycles. The number of ether oxygens (including phenoxy) is 2. The van der Waals surface area contributed by atoms with Crippen molar-refractivity contribution in [2.75, 3.05) is 19.5 Å². The molecular formula is C18H17F3N2O4. The molecule has 0 aliphatic heterocycles. The molecule has 2 aromatic carbocycles. The second kappa shape index (κ2) is 8.43. The van der Waals surface area contributed by atoms with Gasteiger partial charge >= 0.3 is 12.1 Å². The number of alkyl halides is 3. The van der Waals surface area contributed by atoms with Crippen molar-refractivity contribution in [2.45, 2.75) is 12.7 Å². The molecule has 0 fully saturated rings. The number of halogens is 3. The number of anilines is 1. The van der Waals surface area contributed by atoms with Crippen molar-refractivity contribution in [1.29, 1.82) is 0 Å². The Bertz CT molecular complexity index is 838. The minimum Gasteiger partial charge on any atom is -0.493 e. The average Bonchev–Trinajstić information content (AvgIpc) is 2.65. The smallest absolute Gasteiger partial charge is 0.471 e. The standard InChI is InChI=1S/C18H17F3N2O4/c1-26-14-8-7-11(9-15(14)27-2)16(24)22-10-12-5-3-4-6-13(12)23-17(25)18(19,20)21/h3-9H,10H2,1-2H3,(H,22,24)(H,23,25). The molecule has 144 valence electrons. The van der Waals surface area contributed by atoms with E-state index in [4.69, 9.17) is 9.47 Å². The van der Waals surface area contributed by atoms with Crippen LogP contribution in [-0.2, 0) is 11.3 Å². The zero-order chi connectivity index (χ0) is 20.0. The summed E-state index contributed by atoms with van der Waals surface area (Å²) < 4.78 is 47.5. The summed E-state index contributed by atoms with van der Waals surface area (Å²) in [6.07, 6.45) is -5.00. The summed E-state index contributed by atoms with van der Waals surface area (Å²) in [6.45, 7) is -0.0819. The zero-order valence-corrected chi connectivity index (χ0v) is 14.5. The number of benzene rings is 2. The number of methoxy groups -OCH3 is 2. The predicted molar refractivity (Wildman–Crippen MR) is 91.8 cm³/mol. The van der Waals surface area contributed by atoms with Gasteiger partial charge in [-0.1, -0.05) is 18.2 Å². The van der Waals surface area contributed by atoms with E-state index in [1.165, 1.54) is 44.6 Å². The highest BCUT2D eigenvalue weighted by molar-refractivity contribution is 5.96. The summed E-state index contributed by atoms with van der Waals surface area (Å²) in [4.78, 5) is 23.4. The molecule has 6 nitrogen and oxygen atoms in total. The summed E-state index contributed by atoms with van der Waals surface area (Å²) in [5.41, 5.74) is 0.570. The molecular weight excluding hydrogens is 365 g/mol. The van der Waals surface area contributed by atoms with Crippen LogP contribution in [0.15, 0.2) is 42.5 Å². The normalized spacial score (nSPS) is 10.9. The van der Waals surface area contributed by atoms with Crippen LogP contribution in [0, 0.1) is 0 Å². The monoisotopic (exact) mass is 382 g/mol. The topological polar surface area (TPSA) is 76.7 Å².